The van der Waals surface area contributed by atoms with Crippen LogP contribution in [0.5, 0.6) is 5.75 Å². The molecule has 0 radical (unpaired) electrons. The molecule has 2 heterocycles. The molecule has 0 bridgehead atoms. The fourth-order valence-electron chi connectivity index (χ4n) is 2.63. The summed E-state index contributed by atoms with van der Waals surface area (Å²) in [5.41, 5.74) is -1.03. The normalized spacial score (nSPS) is 20.6. The third kappa shape index (κ3) is 2.63. The number of fused-ring (bicyclic) bond motifs is 1. The van der Waals surface area contributed by atoms with E-state index < -0.39 is 23.2 Å². The summed E-state index contributed by atoms with van der Waals surface area (Å²) in [5, 5.41) is 12.4. The van der Waals surface area contributed by atoms with Crippen LogP contribution in [-0.2, 0) is 4.79 Å². The van der Waals surface area contributed by atoms with Gasteiger partial charge in [0.25, 0.3) is 5.91 Å². The third-order valence-corrected chi connectivity index (χ3v) is 5.14. The number of rotatable bonds is 4. The summed E-state index contributed by atoms with van der Waals surface area (Å²) in [5.74, 6) is -0.734. The Morgan fingerprint density at radius 1 is 1.48 bits per heavy atom. The number of carboxylic acids is 1. The Balaban J connectivity index is 1.95. The summed E-state index contributed by atoms with van der Waals surface area (Å²) in [6, 6.07) is 4.18. The number of hydrogen-bond acceptors (Lipinski definition) is 4. The summed E-state index contributed by atoms with van der Waals surface area (Å²) >= 11 is 1.47. The number of methoxy groups -OCH3 is 1. The first-order chi connectivity index (χ1) is 11.0. The molecule has 122 valence electrons. The van der Waals surface area contributed by atoms with Gasteiger partial charge in [0, 0.05) is 11.1 Å². The molecule has 0 saturated carbocycles. The number of nitrogens with one attached hydrogen (secondary N) is 2. The summed E-state index contributed by atoms with van der Waals surface area (Å²) in [6.45, 7) is 0. The van der Waals surface area contributed by atoms with E-state index >= 15 is 0 Å². The highest BCUT2D eigenvalue weighted by Crippen LogP contribution is 2.30. The van der Waals surface area contributed by atoms with Gasteiger partial charge in [0.15, 0.2) is 0 Å². The Hall–Kier alpha value is -2.22. The number of aromatic nitrogens is 1. The lowest BCUT2D eigenvalue weighted by Crippen LogP contribution is -2.54. The van der Waals surface area contributed by atoms with Gasteiger partial charge in [-0.1, -0.05) is 0 Å². The molecule has 1 aliphatic heterocycles. The van der Waals surface area contributed by atoms with Crippen molar-refractivity contribution in [1.82, 2.24) is 10.3 Å². The molecule has 1 unspecified atom stereocenters. The fourth-order valence-corrected chi connectivity index (χ4v) is 3.96. The highest BCUT2D eigenvalue weighted by atomic mass is 32.2. The number of carbonyl (C=O) groups excluding carboxylic acids is 1. The number of halogens is 1. The van der Waals surface area contributed by atoms with Crippen molar-refractivity contribution < 1.29 is 23.8 Å². The Labute approximate surface area is 135 Å². The number of hydrogen-bond donors (Lipinski definition) is 3. The Morgan fingerprint density at radius 2 is 2.26 bits per heavy atom. The monoisotopic (exact) mass is 338 g/mol. The van der Waals surface area contributed by atoms with Crippen LogP contribution >= 0.6 is 11.8 Å². The van der Waals surface area contributed by atoms with Crippen molar-refractivity contribution in [3.63, 3.8) is 0 Å². The molecule has 1 saturated heterocycles. The topological polar surface area (TPSA) is 91.4 Å². The minimum Gasteiger partial charge on any atom is -0.496 e. The van der Waals surface area contributed by atoms with E-state index in [-0.39, 0.29) is 11.2 Å². The summed E-state index contributed by atoms with van der Waals surface area (Å²) in [7, 11) is 1.45. The summed E-state index contributed by atoms with van der Waals surface area (Å²) < 4.78 is 19.0. The second-order valence-electron chi connectivity index (χ2n) is 5.37. The molecule has 3 N–H and O–H groups in total. The van der Waals surface area contributed by atoms with E-state index in [2.05, 4.69) is 10.3 Å². The molecule has 1 amide bonds. The standard InChI is InChI=1S/C15H15FN2O4S/c1-22-11-3-2-9(16)12-8(11)6-10(17-12)13(19)18-15(14(20)21)4-5-23-7-15/h2-3,6,17H,4-5,7H2,1H3,(H,18,19)(H,20,21). The number of carbonyl (C=O) groups is 2. The van der Waals surface area contributed by atoms with Gasteiger partial charge < -0.3 is 20.1 Å². The second-order valence-corrected chi connectivity index (χ2v) is 6.47. The third-order valence-electron chi connectivity index (χ3n) is 3.95. The predicted molar refractivity (Wildman–Crippen MR) is 84.6 cm³/mol. The van der Waals surface area contributed by atoms with E-state index in [4.69, 9.17) is 4.74 Å². The number of carboxylic acid groups (broad SMARTS) is 1. The van der Waals surface area contributed by atoms with E-state index in [0.29, 0.717) is 29.1 Å². The number of ether oxygens (including phenoxy) is 1. The van der Waals surface area contributed by atoms with Gasteiger partial charge in [-0.05, 0) is 30.4 Å². The lowest BCUT2D eigenvalue weighted by atomic mass is 9.99. The van der Waals surface area contributed by atoms with Crippen LogP contribution in [0.15, 0.2) is 18.2 Å². The van der Waals surface area contributed by atoms with Gasteiger partial charge in [-0.15, -0.1) is 0 Å². The molecule has 0 aliphatic carbocycles. The molecule has 23 heavy (non-hydrogen) atoms. The summed E-state index contributed by atoms with van der Waals surface area (Å²) in [4.78, 5) is 26.6. The number of amides is 1. The highest BCUT2D eigenvalue weighted by Gasteiger charge is 2.43. The molecule has 3 rings (SSSR count). The van der Waals surface area contributed by atoms with Crippen molar-refractivity contribution in [1.29, 1.82) is 0 Å². The van der Waals surface area contributed by atoms with Crippen molar-refractivity contribution in [3.05, 3.63) is 29.7 Å². The molecule has 1 aliphatic rings. The van der Waals surface area contributed by atoms with E-state index in [1.54, 1.807) is 0 Å². The number of benzene rings is 1. The Bertz CT molecular complexity index is 783. The fraction of sp³-hybridized carbons (Fsp3) is 0.333. The van der Waals surface area contributed by atoms with Crippen molar-refractivity contribution in [2.45, 2.75) is 12.0 Å². The van der Waals surface area contributed by atoms with Gasteiger partial charge >= 0.3 is 5.97 Å². The zero-order chi connectivity index (χ0) is 16.6. The molecule has 0 spiro atoms. The lowest BCUT2D eigenvalue weighted by molar-refractivity contribution is -0.143. The van der Waals surface area contributed by atoms with Crippen molar-refractivity contribution in [2.75, 3.05) is 18.6 Å². The Kier molecular flexibility index (Phi) is 3.93. The number of H-pyrrole nitrogens is 1. The molecule has 1 atom stereocenters. The zero-order valence-corrected chi connectivity index (χ0v) is 13.1. The largest absolute Gasteiger partial charge is 0.496 e. The van der Waals surface area contributed by atoms with Gasteiger partial charge in [-0.3, -0.25) is 4.79 Å². The van der Waals surface area contributed by atoms with Crippen molar-refractivity contribution in [3.8, 4) is 5.75 Å². The van der Waals surface area contributed by atoms with Crippen LogP contribution in [0.1, 0.15) is 16.9 Å². The van der Waals surface area contributed by atoms with E-state index in [0.717, 1.165) is 0 Å². The van der Waals surface area contributed by atoms with Gasteiger partial charge in [0.05, 0.1) is 12.6 Å². The molecule has 6 nitrogen and oxygen atoms in total. The van der Waals surface area contributed by atoms with E-state index in [1.807, 2.05) is 0 Å². The smallest absolute Gasteiger partial charge is 0.330 e. The van der Waals surface area contributed by atoms with E-state index in [9.17, 15) is 19.1 Å². The quantitative estimate of drug-likeness (QED) is 0.793. The molecular weight excluding hydrogens is 323 g/mol. The first kappa shape index (κ1) is 15.7. The average molecular weight is 338 g/mol. The summed E-state index contributed by atoms with van der Waals surface area (Å²) in [6.07, 6.45) is 0.358. The van der Waals surface area contributed by atoms with Crippen molar-refractivity contribution >= 4 is 34.5 Å². The molecule has 1 aromatic carbocycles. The number of thioether (sulfide) groups is 1. The first-order valence-corrected chi connectivity index (χ1v) is 8.11. The zero-order valence-electron chi connectivity index (χ0n) is 12.3. The minimum atomic E-state index is -1.28. The lowest BCUT2D eigenvalue weighted by Gasteiger charge is -2.24. The van der Waals surface area contributed by atoms with Crippen LogP contribution in [0.2, 0.25) is 0 Å². The van der Waals surface area contributed by atoms with Gasteiger partial charge in [-0.25, -0.2) is 9.18 Å². The molecule has 2 aromatic rings. The van der Waals surface area contributed by atoms with Crippen molar-refractivity contribution in [2.24, 2.45) is 0 Å². The first-order valence-electron chi connectivity index (χ1n) is 6.96. The molecule has 8 heteroatoms. The Morgan fingerprint density at radius 3 is 2.87 bits per heavy atom. The van der Waals surface area contributed by atoms with Crippen LogP contribution in [0, 0.1) is 5.82 Å². The molecule has 1 fully saturated rings. The van der Waals surface area contributed by atoms with Gasteiger partial charge in [0.2, 0.25) is 0 Å². The number of aromatic amines is 1. The number of aliphatic carboxylic acids is 1. The molecular formula is C15H15FN2O4S. The maximum absolute atomic E-state index is 13.9. The minimum absolute atomic E-state index is 0.0981. The van der Waals surface area contributed by atoms with E-state index in [1.165, 1.54) is 37.1 Å². The van der Waals surface area contributed by atoms with Crippen LogP contribution in [0.25, 0.3) is 10.9 Å². The average Bonchev–Trinajstić information content (AvgIpc) is 3.15. The van der Waals surface area contributed by atoms with Gasteiger partial charge in [-0.2, -0.15) is 11.8 Å². The second kappa shape index (κ2) is 5.77. The van der Waals surface area contributed by atoms with Crippen LogP contribution < -0.4 is 10.1 Å². The maximum atomic E-state index is 13.9. The predicted octanol–water partition coefficient (Wildman–Crippen LogP) is 2.01. The SMILES string of the molecule is COc1ccc(F)c2[nH]c(C(=O)NC3(C(=O)O)CCSC3)cc12. The van der Waals surface area contributed by atoms with Crippen LogP contribution in [0.4, 0.5) is 4.39 Å². The van der Waals surface area contributed by atoms with Crippen LogP contribution in [0.3, 0.4) is 0 Å². The molecule has 1 aromatic heterocycles. The van der Waals surface area contributed by atoms with Gasteiger partial charge in [0.1, 0.15) is 22.8 Å². The maximum Gasteiger partial charge on any atom is 0.330 e. The van der Waals surface area contributed by atoms with Crippen LogP contribution in [-0.4, -0.2) is 46.1 Å². The highest BCUT2D eigenvalue weighted by molar-refractivity contribution is 7.99.